The molecule has 0 radical (unpaired) electrons. The Morgan fingerprint density at radius 1 is 1.07 bits per heavy atom. The summed E-state index contributed by atoms with van der Waals surface area (Å²) in [4.78, 5) is 42.2. The van der Waals surface area contributed by atoms with Gasteiger partial charge in [0.1, 0.15) is 18.1 Å². The fourth-order valence-electron chi connectivity index (χ4n) is 5.86. The number of carbonyl (C=O) groups excluding carboxylic acids is 3. The zero-order valence-electron chi connectivity index (χ0n) is 24.7. The zero-order chi connectivity index (χ0) is 30.1. The highest BCUT2D eigenvalue weighted by atomic mass is 79.9. The van der Waals surface area contributed by atoms with Crippen LogP contribution in [-0.4, -0.2) is 58.4 Å². The van der Waals surface area contributed by atoms with Crippen LogP contribution in [0, 0.1) is 5.92 Å². The van der Waals surface area contributed by atoms with Crippen molar-refractivity contribution in [2.24, 2.45) is 5.92 Å². The van der Waals surface area contributed by atoms with E-state index in [1.54, 1.807) is 19.1 Å². The third-order valence-electron chi connectivity index (χ3n) is 7.97. The van der Waals surface area contributed by atoms with Gasteiger partial charge in [0.25, 0.3) is 0 Å². The Balaban J connectivity index is 1.68. The molecule has 3 aromatic rings. The molecule has 9 heteroatoms. The molecular formula is C33H41BrN4O4. The van der Waals surface area contributed by atoms with Crippen molar-refractivity contribution < 1.29 is 19.1 Å². The number of halogens is 1. The van der Waals surface area contributed by atoms with Gasteiger partial charge in [0.15, 0.2) is 0 Å². The van der Waals surface area contributed by atoms with Gasteiger partial charge in [0, 0.05) is 30.0 Å². The van der Waals surface area contributed by atoms with Crippen LogP contribution in [0.15, 0.2) is 59.1 Å². The number of nitrogens with zero attached hydrogens (tertiary/aromatic N) is 2. The molecule has 1 atom stereocenters. The number of para-hydroxylation sites is 2. The van der Waals surface area contributed by atoms with E-state index in [0.717, 1.165) is 57.9 Å². The number of aldehydes is 1. The van der Waals surface area contributed by atoms with Crippen LogP contribution in [0.25, 0.3) is 10.8 Å². The first-order chi connectivity index (χ1) is 20.3. The predicted octanol–water partition coefficient (Wildman–Crippen LogP) is 5.45. The van der Waals surface area contributed by atoms with Crippen molar-refractivity contribution in [2.45, 2.75) is 51.1 Å². The first kappa shape index (κ1) is 31.5. The van der Waals surface area contributed by atoms with Crippen LogP contribution in [0.4, 0.5) is 11.4 Å². The number of hydrogen-bond acceptors (Lipinski definition) is 6. The van der Waals surface area contributed by atoms with E-state index in [-0.39, 0.29) is 24.9 Å². The lowest BCUT2D eigenvalue weighted by atomic mass is 9.86. The van der Waals surface area contributed by atoms with Crippen molar-refractivity contribution in [1.29, 1.82) is 0 Å². The molecule has 0 aromatic heterocycles. The molecule has 3 aromatic carbocycles. The Morgan fingerprint density at radius 3 is 2.50 bits per heavy atom. The SMILES string of the molecule is CNCC(=O)NC(C=O)CN(C(=O)CC1CCCCC1)c1ccccc1N(C)Cc1c(OC)ccc2cc(Br)ccc12. The third kappa shape index (κ3) is 7.89. The molecule has 1 saturated carbocycles. The molecule has 4 rings (SSSR count). The maximum absolute atomic E-state index is 14.0. The maximum Gasteiger partial charge on any atom is 0.234 e. The van der Waals surface area contributed by atoms with E-state index in [0.29, 0.717) is 30.9 Å². The van der Waals surface area contributed by atoms with E-state index in [1.807, 2.05) is 49.5 Å². The summed E-state index contributed by atoms with van der Waals surface area (Å²) < 4.78 is 6.76. The van der Waals surface area contributed by atoms with Crippen LogP contribution in [0.2, 0.25) is 0 Å². The third-order valence-corrected chi connectivity index (χ3v) is 8.46. The number of hydrogen-bond donors (Lipinski definition) is 2. The smallest absolute Gasteiger partial charge is 0.234 e. The van der Waals surface area contributed by atoms with Crippen molar-refractivity contribution in [3.63, 3.8) is 0 Å². The van der Waals surface area contributed by atoms with Crippen molar-refractivity contribution in [3.05, 3.63) is 64.6 Å². The minimum atomic E-state index is -0.837. The summed E-state index contributed by atoms with van der Waals surface area (Å²) in [6.45, 7) is 0.671. The van der Waals surface area contributed by atoms with Gasteiger partial charge in [-0.05, 0) is 66.9 Å². The van der Waals surface area contributed by atoms with E-state index in [9.17, 15) is 14.4 Å². The van der Waals surface area contributed by atoms with E-state index in [4.69, 9.17) is 4.74 Å². The van der Waals surface area contributed by atoms with Gasteiger partial charge in [-0.2, -0.15) is 0 Å². The number of amides is 2. The number of nitrogens with one attached hydrogen (secondary N) is 2. The number of ether oxygens (including phenoxy) is 1. The highest BCUT2D eigenvalue weighted by Crippen LogP contribution is 2.36. The van der Waals surface area contributed by atoms with Gasteiger partial charge in [-0.25, -0.2) is 0 Å². The monoisotopic (exact) mass is 636 g/mol. The quantitative estimate of drug-likeness (QED) is 0.242. The van der Waals surface area contributed by atoms with E-state index in [2.05, 4.69) is 43.6 Å². The molecule has 1 unspecified atom stereocenters. The molecule has 0 heterocycles. The second-order valence-corrected chi connectivity index (χ2v) is 11.9. The Bertz CT molecular complexity index is 1390. The molecule has 2 amide bonds. The molecule has 0 bridgehead atoms. The van der Waals surface area contributed by atoms with Gasteiger partial charge in [-0.1, -0.05) is 59.5 Å². The lowest BCUT2D eigenvalue weighted by Crippen LogP contribution is -2.49. The Morgan fingerprint density at radius 2 is 1.81 bits per heavy atom. The number of methoxy groups -OCH3 is 1. The summed E-state index contributed by atoms with van der Waals surface area (Å²) in [6, 6.07) is 17.1. The van der Waals surface area contributed by atoms with Crippen LogP contribution < -0.4 is 25.2 Å². The van der Waals surface area contributed by atoms with Crippen LogP contribution >= 0.6 is 15.9 Å². The zero-order valence-corrected chi connectivity index (χ0v) is 26.3. The van der Waals surface area contributed by atoms with Gasteiger partial charge in [-0.3, -0.25) is 9.59 Å². The summed E-state index contributed by atoms with van der Waals surface area (Å²) in [5.74, 6) is 0.776. The second kappa shape index (κ2) is 15.2. The van der Waals surface area contributed by atoms with Crippen molar-refractivity contribution in [3.8, 4) is 5.75 Å². The van der Waals surface area contributed by atoms with Gasteiger partial charge < -0.3 is 30.0 Å². The van der Waals surface area contributed by atoms with E-state index in [1.165, 1.54) is 6.42 Å². The number of likely N-dealkylation sites (N-methyl/N-ethyl adjacent to an activating group) is 1. The van der Waals surface area contributed by atoms with Gasteiger partial charge in [0.2, 0.25) is 11.8 Å². The van der Waals surface area contributed by atoms with Gasteiger partial charge in [-0.15, -0.1) is 0 Å². The fraction of sp³-hybridized carbons (Fsp3) is 0.424. The largest absolute Gasteiger partial charge is 0.496 e. The number of rotatable bonds is 13. The van der Waals surface area contributed by atoms with Gasteiger partial charge in [0.05, 0.1) is 31.6 Å². The topological polar surface area (TPSA) is 91.0 Å². The van der Waals surface area contributed by atoms with Crippen LogP contribution in [0.3, 0.4) is 0 Å². The summed E-state index contributed by atoms with van der Waals surface area (Å²) in [5.41, 5.74) is 2.58. The van der Waals surface area contributed by atoms with E-state index >= 15 is 0 Å². The fourth-order valence-corrected chi connectivity index (χ4v) is 6.24. The molecule has 224 valence electrons. The van der Waals surface area contributed by atoms with Crippen molar-refractivity contribution in [1.82, 2.24) is 10.6 Å². The average molecular weight is 638 g/mol. The van der Waals surface area contributed by atoms with E-state index < -0.39 is 6.04 Å². The first-order valence-electron chi connectivity index (χ1n) is 14.6. The minimum absolute atomic E-state index is 0.0370. The average Bonchev–Trinajstić information content (AvgIpc) is 2.99. The van der Waals surface area contributed by atoms with Crippen molar-refractivity contribution >= 4 is 56.2 Å². The highest BCUT2D eigenvalue weighted by molar-refractivity contribution is 9.10. The standard InChI is InChI=1S/C33H41BrN4O4/c1-35-19-32(40)36-26(22-39)20-38(33(41)17-23-9-5-4-6-10-23)30-12-8-7-11-29(30)37(2)21-28-27-15-14-25(34)18-24(27)13-16-31(28)42-3/h7-8,11-16,18,22-23,26,35H,4-6,9-10,17,19-21H2,1-3H3,(H,36,40). The number of anilines is 2. The van der Waals surface area contributed by atoms with Crippen LogP contribution in [-0.2, 0) is 20.9 Å². The highest BCUT2D eigenvalue weighted by Gasteiger charge is 2.27. The molecule has 0 aliphatic heterocycles. The number of fused-ring (bicyclic) bond motifs is 1. The summed E-state index contributed by atoms with van der Waals surface area (Å²) in [6.07, 6.45) is 6.68. The molecular weight excluding hydrogens is 596 g/mol. The van der Waals surface area contributed by atoms with Crippen molar-refractivity contribution in [2.75, 3.05) is 44.1 Å². The maximum atomic E-state index is 14.0. The Hall–Kier alpha value is -3.43. The molecule has 0 spiro atoms. The second-order valence-electron chi connectivity index (χ2n) is 11.0. The lowest BCUT2D eigenvalue weighted by molar-refractivity contribution is -0.124. The normalized spacial score (nSPS) is 14.3. The molecule has 2 N–H and O–H groups in total. The lowest BCUT2D eigenvalue weighted by Gasteiger charge is -2.32. The molecule has 1 aliphatic carbocycles. The Labute approximate surface area is 256 Å². The van der Waals surface area contributed by atoms with Crippen LogP contribution in [0.1, 0.15) is 44.1 Å². The minimum Gasteiger partial charge on any atom is -0.496 e. The molecule has 8 nitrogen and oxygen atoms in total. The Kier molecular flexibility index (Phi) is 11.4. The summed E-state index contributed by atoms with van der Waals surface area (Å²) in [7, 11) is 5.34. The number of carbonyl (C=O) groups is 3. The predicted molar refractivity (Wildman–Crippen MR) is 172 cm³/mol. The molecule has 42 heavy (non-hydrogen) atoms. The summed E-state index contributed by atoms with van der Waals surface area (Å²) in [5, 5.41) is 7.74. The van der Waals surface area contributed by atoms with Gasteiger partial charge >= 0.3 is 0 Å². The first-order valence-corrected chi connectivity index (χ1v) is 15.4. The number of benzene rings is 3. The molecule has 0 saturated heterocycles. The van der Waals surface area contributed by atoms with Crippen LogP contribution in [0.5, 0.6) is 5.75 Å². The molecule has 1 aliphatic rings. The summed E-state index contributed by atoms with van der Waals surface area (Å²) >= 11 is 3.57. The molecule has 1 fully saturated rings.